The second-order valence-corrected chi connectivity index (χ2v) is 5.87. The van der Waals surface area contributed by atoms with Crippen molar-refractivity contribution in [2.45, 2.75) is 19.4 Å². The Balaban J connectivity index is 2.64. The van der Waals surface area contributed by atoms with Crippen molar-refractivity contribution in [2.75, 3.05) is 33.9 Å². The zero-order chi connectivity index (χ0) is 15.8. The molecule has 7 heteroatoms. The zero-order valence-corrected chi connectivity index (χ0v) is 13.4. The van der Waals surface area contributed by atoms with Gasteiger partial charge in [-0.2, -0.15) is 0 Å². The molecule has 1 atom stereocenters. The summed E-state index contributed by atoms with van der Waals surface area (Å²) < 4.78 is 4.93. The molecule has 2 amide bonds. The Kier molecular flexibility index (Phi) is 7.18. The normalized spacial score (nSPS) is 12.0. The molecule has 0 saturated heterocycles. The number of carboxylic acid groups (broad SMARTS) is 1. The van der Waals surface area contributed by atoms with Gasteiger partial charge in [0.05, 0.1) is 6.61 Å². The largest absolute Gasteiger partial charge is 0.480 e. The third-order valence-corrected chi connectivity index (χ3v) is 4.10. The summed E-state index contributed by atoms with van der Waals surface area (Å²) in [5.74, 6) is -1.03. The first kappa shape index (κ1) is 17.5. The Morgan fingerprint density at radius 1 is 1.48 bits per heavy atom. The molecule has 0 aliphatic heterocycles. The number of carbonyl (C=O) groups is 2. The summed E-state index contributed by atoms with van der Waals surface area (Å²) in [6.07, 6.45) is 0.755. The fourth-order valence-electron chi connectivity index (χ4n) is 1.88. The molecule has 0 bridgehead atoms. The average Bonchev–Trinajstić information content (AvgIpc) is 2.94. The van der Waals surface area contributed by atoms with Crippen LogP contribution in [-0.2, 0) is 16.0 Å². The van der Waals surface area contributed by atoms with Crippen LogP contribution >= 0.6 is 11.3 Å². The highest BCUT2D eigenvalue weighted by molar-refractivity contribution is 7.09. The molecule has 0 fully saturated rings. The van der Waals surface area contributed by atoms with Gasteiger partial charge in [-0.15, -0.1) is 11.3 Å². The Labute approximate surface area is 128 Å². The number of hydrogen-bond donors (Lipinski definition) is 1. The van der Waals surface area contributed by atoms with Gasteiger partial charge in [0, 0.05) is 38.0 Å². The van der Waals surface area contributed by atoms with Crippen molar-refractivity contribution >= 4 is 23.3 Å². The first-order chi connectivity index (χ1) is 9.95. The van der Waals surface area contributed by atoms with Crippen LogP contribution in [0.15, 0.2) is 17.5 Å². The standard InChI is InChI=1S/C14H22N2O4S/c1-11(9-12-5-4-8-21-12)15(2)14(19)16(6-7-20-3)10-13(17)18/h4-5,8,11H,6-7,9-10H2,1-3H3,(H,17,18). The van der Waals surface area contributed by atoms with Gasteiger partial charge in [-0.25, -0.2) is 4.79 Å². The van der Waals surface area contributed by atoms with Crippen LogP contribution in [0.4, 0.5) is 4.79 Å². The number of thiophene rings is 1. The Morgan fingerprint density at radius 3 is 2.71 bits per heavy atom. The van der Waals surface area contributed by atoms with E-state index in [1.165, 1.54) is 16.9 Å². The number of amides is 2. The third kappa shape index (κ3) is 5.73. The molecule has 0 saturated carbocycles. The Bertz CT molecular complexity index is 450. The van der Waals surface area contributed by atoms with Crippen molar-refractivity contribution in [1.29, 1.82) is 0 Å². The van der Waals surface area contributed by atoms with Gasteiger partial charge in [-0.1, -0.05) is 6.07 Å². The summed E-state index contributed by atoms with van der Waals surface area (Å²) in [6.45, 7) is 2.20. The molecule has 118 valence electrons. The van der Waals surface area contributed by atoms with Crippen LogP contribution in [0.25, 0.3) is 0 Å². The molecule has 1 unspecified atom stereocenters. The molecule has 1 aromatic rings. The van der Waals surface area contributed by atoms with Crippen LogP contribution in [-0.4, -0.2) is 66.8 Å². The number of ether oxygens (including phenoxy) is 1. The van der Waals surface area contributed by atoms with Crippen LogP contribution in [0.1, 0.15) is 11.8 Å². The van der Waals surface area contributed by atoms with E-state index in [0.717, 1.165) is 6.42 Å². The summed E-state index contributed by atoms with van der Waals surface area (Å²) >= 11 is 1.65. The van der Waals surface area contributed by atoms with Crippen LogP contribution < -0.4 is 0 Å². The van der Waals surface area contributed by atoms with Crippen molar-refractivity contribution in [3.8, 4) is 0 Å². The van der Waals surface area contributed by atoms with Gasteiger partial charge in [0.15, 0.2) is 0 Å². The van der Waals surface area contributed by atoms with E-state index in [1.807, 2.05) is 24.4 Å². The number of aliphatic carboxylic acids is 1. The van der Waals surface area contributed by atoms with E-state index in [1.54, 1.807) is 23.3 Å². The van der Waals surface area contributed by atoms with Crippen LogP contribution in [0.5, 0.6) is 0 Å². The Morgan fingerprint density at radius 2 is 2.19 bits per heavy atom. The van der Waals surface area contributed by atoms with Crippen LogP contribution in [0.3, 0.4) is 0 Å². The molecule has 0 spiro atoms. The summed E-state index contributed by atoms with van der Waals surface area (Å²) in [4.78, 5) is 27.3. The van der Waals surface area contributed by atoms with E-state index in [2.05, 4.69) is 0 Å². The quantitative estimate of drug-likeness (QED) is 0.794. The number of methoxy groups -OCH3 is 1. The number of carboxylic acids is 1. The molecule has 0 aromatic carbocycles. The lowest BCUT2D eigenvalue weighted by atomic mass is 10.2. The van der Waals surface area contributed by atoms with Crippen LogP contribution in [0, 0.1) is 0 Å². The lowest BCUT2D eigenvalue weighted by Crippen LogP contribution is -2.48. The molecule has 0 aliphatic carbocycles. The van der Waals surface area contributed by atoms with Crippen molar-refractivity contribution in [3.63, 3.8) is 0 Å². The van der Waals surface area contributed by atoms with Gasteiger partial charge >= 0.3 is 12.0 Å². The molecule has 6 nitrogen and oxygen atoms in total. The summed E-state index contributed by atoms with van der Waals surface area (Å²) in [5.41, 5.74) is 0. The van der Waals surface area contributed by atoms with Crippen LogP contribution in [0.2, 0.25) is 0 Å². The predicted octanol–water partition coefficient (Wildman–Crippen LogP) is 1.76. The average molecular weight is 314 g/mol. The molecule has 1 N–H and O–H groups in total. The molecule has 1 heterocycles. The highest BCUT2D eigenvalue weighted by Crippen LogP contribution is 2.14. The van der Waals surface area contributed by atoms with E-state index < -0.39 is 5.97 Å². The number of carbonyl (C=O) groups excluding carboxylic acids is 1. The van der Waals surface area contributed by atoms with Gasteiger partial charge < -0.3 is 19.6 Å². The second kappa shape index (κ2) is 8.63. The number of nitrogens with zero attached hydrogens (tertiary/aromatic N) is 2. The van der Waals surface area contributed by atoms with Gasteiger partial charge in [0.2, 0.25) is 0 Å². The lowest BCUT2D eigenvalue weighted by Gasteiger charge is -2.31. The van der Waals surface area contributed by atoms with Gasteiger partial charge in [-0.3, -0.25) is 4.79 Å². The minimum absolute atomic E-state index is 0.00464. The van der Waals surface area contributed by atoms with Crippen molar-refractivity contribution in [1.82, 2.24) is 9.80 Å². The maximum absolute atomic E-state index is 12.4. The fourth-order valence-corrected chi connectivity index (χ4v) is 2.70. The molecule has 0 radical (unpaired) electrons. The van der Waals surface area contributed by atoms with E-state index >= 15 is 0 Å². The highest BCUT2D eigenvalue weighted by Gasteiger charge is 2.23. The lowest BCUT2D eigenvalue weighted by molar-refractivity contribution is -0.137. The first-order valence-electron chi connectivity index (χ1n) is 6.70. The van der Waals surface area contributed by atoms with Gasteiger partial charge in [-0.05, 0) is 18.4 Å². The molecule has 0 aliphatic rings. The number of likely N-dealkylation sites (N-methyl/N-ethyl adjacent to an activating group) is 1. The highest BCUT2D eigenvalue weighted by atomic mass is 32.1. The molecule has 21 heavy (non-hydrogen) atoms. The van der Waals surface area contributed by atoms with Crippen molar-refractivity contribution in [2.24, 2.45) is 0 Å². The van der Waals surface area contributed by atoms with Crippen molar-refractivity contribution in [3.05, 3.63) is 22.4 Å². The van der Waals surface area contributed by atoms with Gasteiger partial charge in [0.25, 0.3) is 0 Å². The van der Waals surface area contributed by atoms with Crippen molar-refractivity contribution < 1.29 is 19.4 Å². The predicted molar refractivity (Wildman–Crippen MR) is 81.7 cm³/mol. The smallest absolute Gasteiger partial charge is 0.323 e. The number of hydrogen-bond acceptors (Lipinski definition) is 4. The molecular weight excluding hydrogens is 292 g/mol. The second-order valence-electron chi connectivity index (χ2n) is 4.83. The maximum atomic E-state index is 12.4. The monoisotopic (exact) mass is 314 g/mol. The molecule has 1 aromatic heterocycles. The SMILES string of the molecule is COCCN(CC(=O)O)C(=O)N(C)C(C)Cc1cccs1. The number of urea groups is 1. The van der Waals surface area contributed by atoms with E-state index in [4.69, 9.17) is 9.84 Å². The zero-order valence-electron chi connectivity index (χ0n) is 12.6. The minimum Gasteiger partial charge on any atom is -0.480 e. The number of rotatable bonds is 8. The third-order valence-electron chi connectivity index (χ3n) is 3.20. The Hall–Kier alpha value is -1.60. The summed E-state index contributed by atoms with van der Waals surface area (Å²) in [6, 6.07) is 3.71. The summed E-state index contributed by atoms with van der Waals surface area (Å²) in [5, 5.41) is 10.9. The fraction of sp³-hybridized carbons (Fsp3) is 0.571. The van der Waals surface area contributed by atoms with E-state index in [-0.39, 0.29) is 25.2 Å². The topological polar surface area (TPSA) is 70.1 Å². The molecular formula is C14H22N2O4S. The minimum atomic E-state index is -1.03. The molecule has 1 rings (SSSR count). The van der Waals surface area contributed by atoms with E-state index in [0.29, 0.717) is 6.61 Å². The van der Waals surface area contributed by atoms with E-state index in [9.17, 15) is 9.59 Å². The van der Waals surface area contributed by atoms with Gasteiger partial charge in [0.1, 0.15) is 6.54 Å². The maximum Gasteiger partial charge on any atom is 0.323 e. The first-order valence-corrected chi connectivity index (χ1v) is 7.58. The summed E-state index contributed by atoms with van der Waals surface area (Å²) in [7, 11) is 3.22.